The van der Waals surface area contributed by atoms with Crippen molar-refractivity contribution in [3.8, 4) is 6.07 Å². The van der Waals surface area contributed by atoms with Crippen LogP contribution in [0, 0.1) is 25.2 Å². The molecule has 0 amide bonds. The molecule has 1 aliphatic rings. The van der Waals surface area contributed by atoms with E-state index in [4.69, 9.17) is 10.00 Å². The van der Waals surface area contributed by atoms with E-state index in [0.717, 1.165) is 17.0 Å². The van der Waals surface area contributed by atoms with E-state index in [9.17, 15) is 4.79 Å². The number of carbonyl (C=O) groups is 1. The molecule has 0 saturated heterocycles. The Bertz CT molecular complexity index is 764. The summed E-state index contributed by atoms with van der Waals surface area (Å²) in [5, 5.41) is 9.06. The zero-order valence-electron chi connectivity index (χ0n) is 12.8. The van der Waals surface area contributed by atoms with Crippen LogP contribution in [0.25, 0.3) is 0 Å². The number of hydrogen-bond donors (Lipinski definition) is 0. The number of aromatic nitrogens is 1. The van der Waals surface area contributed by atoms with Crippen LogP contribution in [0.2, 0.25) is 0 Å². The maximum Gasteiger partial charge on any atom is 0.340 e. The van der Waals surface area contributed by atoms with Crippen LogP contribution in [-0.4, -0.2) is 10.5 Å². The van der Waals surface area contributed by atoms with Gasteiger partial charge in [0.05, 0.1) is 17.2 Å². The average Bonchev–Trinajstić information content (AvgIpc) is 3.30. The van der Waals surface area contributed by atoms with Crippen molar-refractivity contribution in [1.29, 1.82) is 5.26 Å². The molecule has 0 spiro atoms. The molecule has 1 aliphatic carbocycles. The van der Waals surface area contributed by atoms with Crippen LogP contribution in [0.1, 0.15) is 51.8 Å². The maximum atomic E-state index is 12.3. The summed E-state index contributed by atoms with van der Waals surface area (Å²) in [6.07, 6.45) is 2.36. The highest BCUT2D eigenvalue weighted by atomic mass is 16.5. The molecule has 112 valence electrons. The number of nitrogens with zero attached hydrogens (tertiary/aromatic N) is 2. The van der Waals surface area contributed by atoms with Crippen molar-refractivity contribution in [2.45, 2.75) is 39.3 Å². The molecular weight excluding hydrogens is 276 g/mol. The Hall–Kier alpha value is -2.54. The van der Waals surface area contributed by atoms with Gasteiger partial charge in [0.15, 0.2) is 0 Å². The zero-order chi connectivity index (χ0) is 15.7. The number of benzene rings is 1. The van der Waals surface area contributed by atoms with Crippen molar-refractivity contribution in [3.63, 3.8) is 0 Å². The van der Waals surface area contributed by atoms with Gasteiger partial charge < -0.3 is 9.30 Å². The lowest BCUT2D eigenvalue weighted by atomic mass is 10.1. The Morgan fingerprint density at radius 2 is 2.09 bits per heavy atom. The first-order valence-corrected chi connectivity index (χ1v) is 7.45. The fraction of sp³-hybridized carbons (Fsp3) is 0.333. The number of rotatable bonds is 4. The van der Waals surface area contributed by atoms with Crippen LogP contribution in [-0.2, 0) is 11.3 Å². The first-order chi connectivity index (χ1) is 10.6. The van der Waals surface area contributed by atoms with Gasteiger partial charge in [0.2, 0.25) is 0 Å². The summed E-state index contributed by atoms with van der Waals surface area (Å²) in [7, 11) is 0. The number of ether oxygens (including phenoxy) is 1. The lowest BCUT2D eigenvalue weighted by molar-refractivity contribution is 0.0471. The highest BCUT2D eigenvalue weighted by Gasteiger charge is 2.28. The Morgan fingerprint density at radius 3 is 2.77 bits per heavy atom. The van der Waals surface area contributed by atoms with Crippen LogP contribution in [0.15, 0.2) is 30.3 Å². The van der Waals surface area contributed by atoms with Gasteiger partial charge in [-0.15, -0.1) is 0 Å². The third-order valence-corrected chi connectivity index (χ3v) is 4.11. The summed E-state index contributed by atoms with van der Waals surface area (Å²) >= 11 is 0. The minimum Gasteiger partial charge on any atom is -0.457 e. The molecule has 0 aliphatic heterocycles. The normalized spacial score (nSPS) is 13.7. The van der Waals surface area contributed by atoms with Crippen molar-refractivity contribution < 1.29 is 9.53 Å². The van der Waals surface area contributed by atoms with Gasteiger partial charge in [-0.05, 0) is 38.8 Å². The smallest absolute Gasteiger partial charge is 0.340 e. The van der Waals surface area contributed by atoms with Crippen molar-refractivity contribution in [1.82, 2.24) is 4.57 Å². The molecule has 4 nitrogen and oxygen atoms in total. The van der Waals surface area contributed by atoms with Gasteiger partial charge in [0.25, 0.3) is 0 Å². The van der Waals surface area contributed by atoms with Crippen molar-refractivity contribution >= 4 is 5.97 Å². The molecule has 22 heavy (non-hydrogen) atoms. The van der Waals surface area contributed by atoms with Crippen molar-refractivity contribution in [3.05, 3.63) is 58.4 Å². The lowest BCUT2D eigenvalue weighted by Gasteiger charge is -2.08. The average molecular weight is 294 g/mol. The summed E-state index contributed by atoms with van der Waals surface area (Å²) < 4.78 is 7.62. The third kappa shape index (κ3) is 2.62. The first kappa shape index (κ1) is 14.4. The molecule has 1 heterocycles. The van der Waals surface area contributed by atoms with Gasteiger partial charge in [-0.25, -0.2) is 4.79 Å². The van der Waals surface area contributed by atoms with Crippen molar-refractivity contribution in [2.75, 3.05) is 0 Å². The molecule has 1 aromatic heterocycles. The quantitative estimate of drug-likeness (QED) is 0.808. The molecule has 0 N–H and O–H groups in total. The Kier molecular flexibility index (Phi) is 3.72. The Labute approximate surface area is 129 Å². The third-order valence-electron chi connectivity index (χ3n) is 4.11. The minimum atomic E-state index is -0.326. The number of esters is 1. The molecule has 4 heteroatoms. The van der Waals surface area contributed by atoms with Gasteiger partial charge >= 0.3 is 5.97 Å². The first-order valence-electron chi connectivity index (χ1n) is 7.45. The van der Waals surface area contributed by atoms with E-state index in [1.54, 1.807) is 18.2 Å². The second-order valence-electron chi connectivity index (χ2n) is 5.73. The van der Waals surface area contributed by atoms with E-state index in [1.807, 2.05) is 26.0 Å². The second kappa shape index (κ2) is 5.69. The summed E-state index contributed by atoms with van der Waals surface area (Å²) in [6, 6.07) is 11.7. The highest BCUT2D eigenvalue weighted by molar-refractivity contribution is 5.91. The van der Waals surface area contributed by atoms with Gasteiger partial charge in [0, 0.05) is 23.0 Å². The predicted molar refractivity (Wildman–Crippen MR) is 82.5 cm³/mol. The maximum absolute atomic E-state index is 12.3. The molecule has 1 saturated carbocycles. The topological polar surface area (TPSA) is 55.0 Å². The Balaban J connectivity index is 1.75. The van der Waals surface area contributed by atoms with Gasteiger partial charge in [-0.1, -0.05) is 18.2 Å². The molecule has 0 bridgehead atoms. The van der Waals surface area contributed by atoms with Crippen LogP contribution >= 0.6 is 0 Å². The monoisotopic (exact) mass is 294 g/mol. The number of nitriles is 1. The fourth-order valence-electron chi connectivity index (χ4n) is 2.85. The molecule has 1 fully saturated rings. The lowest BCUT2D eigenvalue weighted by Crippen LogP contribution is -2.08. The molecule has 3 rings (SSSR count). The highest BCUT2D eigenvalue weighted by Crippen LogP contribution is 2.38. The van der Waals surface area contributed by atoms with Gasteiger partial charge in [0.1, 0.15) is 6.61 Å². The van der Waals surface area contributed by atoms with E-state index < -0.39 is 0 Å². The second-order valence-corrected chi connectivity index (χ2v) is 5.73. The van der Waals surface area contributed by atoms with Crippen LogP contribution in [0.5, 0.6) is 0 Å². The van der Waals surface area contributed by atoms with Crippen molar-refractivity contribution in [2.24, 2.45) is 0 Å². The van der Waals surface area contributed by atoms with Crippen LogP contribution < -0.4 is 0 Å². The molecule has 1 aromatic carbocycles. The Morgan fingerprint density at radius 1 is 1.36 bits per heavy atom. The zero-order valence-corrected chi connectivity index (χ0v) is 12.8. The standard InChI is InChI=1S/C18H18N2O2/c1-12-9-17(13(2)20(12)16-7-8-16)18(21)22-11-15-6-4-3-5-14(15)10-19/h3-6,9,16H,7-8,11H2,1-2H3. The van der Waals surface area contributed by atoms with E-state index in [0.29, 0.717) is 17.2 Å². The predicted octanol–water partition coefficient (Wildman–Crippen LogP) is 3.67. The van der Waals surface area contributed by atoms with E-state index in [2.05, 4.69) is 10.6 Å². The SMILES string of the molecule is Cc1cc(C(=O)OCc2ccccc2C#N)c(C)n1C1CC1. The van der Waals surface area contributed by atoms with Crippen LogP contribution in [0.3, 0.4) is 0 Å². The molecule has 0 atom stereocenters. The number of hydrogen-bond acceptors (Lipinski definition) is 3. The molecular formula is C18H18N2O2. The van der Waals surface area contributed by atoms with E-state index in [-0.39, 0.29) is 12.6 Å². The summed E-state index contributed by atoms with van der Waals surface area (Å²) in [5.74, 6) is -0.326. The fourth-order valence-corrected chi connectivity index (χ4v) is 2.85. The summed E-state index contributed by atoms with van der Waals surface area (Å²) in [5.41, 5.74) is 3.97. The number of carbonyl (C=O) groups excluding carboxylic acids is 1. The van der Waals surface area contributed by atoms with E-state index >= 15 is 0 Å². The van der Waals surface area contributed by atoms with Gasteiger partial charge in [-0.2, -0.15) is 5.26 Å². The number of aryl methyl sites for hydroxylation is 1. The summed E-state index contributed by atoms with van der Waals surface area (Å²) in [6.45, 7) is 4.11. The van der Waals surface area contributed by atoms with E-state index in [1.165, 1.54) is 12.8 Å². The minimum absolute atomic E-state index is 0.121. The summed E-state index contributed by atoms with van der Waals surface area (Å²) in [4.78, 5) is 12.3. The molecule has 2 aromatic rings. The van der Waals surface area contributed by atoms with Gasteiger partial charge in [-0.3, -0.25) is 0 Å². The van der Waals surface area contributed by atoms with Crippen LogP contribution in [0.4, 0.5) is 0 Å². The molecule has 0 unspecified atom stereocenters. The molecule has 0 radical (unpaired) electrons. The largest absolute Gasteiger partial charge is 0.457 e.